The molecule has 1 fully saturated rings. The number of nitrogens with two attached hydrogens (primary N) is 1. The highest BCUT2D eigenvalue weighted by Crippen LogP contribution is 2.28. The van der Waals surface area contributed by atoms with Gasteiger partial charge in [0, 0.05) is 13.2 Å². The molecule has 5 heteroatoms. The van der Waals surface area contributed by atoms with Crippen LogP contribution in [0.1, 0.15) is 18.4 Å². The topological polar surface area (TPSA) is 69.4 Å². The zero-order valence-corrected chi connectivity index (χ0v) is 10.7. The van der Waals surface area contributed by atoms with Crippen LogP contribution in [0.25, 0.3) is 0 Å². The summed E-state index contributed by atoms with van der Waals surface area (Å²) < 4.78 is 30.0. The van der Waals surface area contributed by atoms with E-state index in [0.717, 1.165) is 5.56 Å². The molecule has 0 amide bonds. The number of aryl methyl sites for hydroxylation is 1. The van der Waals surface area contributed by atoms with Crippen LogP contribution in [-0.4, -0.2) is 26.9 Å². The lowest BCUT2D eigenvalue weighted by Crippen LogP contribution is -2.29. The first-order valence-electron chi connectivity index (χ1n) is 5.69. The molecule has 0 unspecified atom stereocenters. The van der Waals surface area contributed by atoms with Crippen molar-refractivity contribution in [2.75, 3.05) is 18.9 Å². The lowest BCUT2D eigenvalue weighted by molar-refractivity contribution is 0.0983. The van der Waals surface area contributed by atoms with Gasteiger partial charge in [-0.2, -0.15) is 0 Å². The van der Waals surface area contributed by atoms with E-state index in [9.17, 15) is 8.42 Å². The molecular weight excluding hydrogens is 238 g/mol. The van der Waals surface area contributed by atoms with E-state index in [1.165, 1.54) is 0 Å². The average Bonchev–Trinajstić information content (AvgIpc) is 2.29. The Morgan fingerprint density at radius 2 is 1.94 bits per heavy atom. The van der Waals surface area contributed by atoms with Crippen LogP contribution in [-0.2, 0) is 14.6 Å². The number of sulfone groups is 1. The van der Waals surface area contributed by atoms with Gasteiger partial charge in [-0.25, -0.2) is 8.42 Å². The second kappa shape index (κ2) is 4.66. The molecule has 0 saturated carbocycles. The Bertz CT molecular complexity index is 504. The van der Waals surface area contributed by atoms with Crippen LogP contribution in [0.5, 0.6) is 0 Å². The van der Waals surface area contributed by atoms with Gasteiger partial charge in [0.15, 0.2) is 9.84 Å². The SMILES string of the molecule is Cc1ccc(S(=O)(=O)C2CCOCC2)c(N)c1. The second-order valence-corrected chi connectivity index (χ2v) is 6.59. The van der Waals surface area contributed by atoms with Gasteiger partial charge in [-0.05, 0) is 37.5 Å². The van der Waals surface area contributed by atoms with Crippen molar-refractivity contribution in [3.05, 3.63) is 23.8 Å². The maximum absolute atomic E-state index is 12.4. The van der Waals surface area contributed by atoms with Crippen molar-refractivity contribution in [1.82, 2.24) is 0 Å². The molecule has 1 aromatic rings. The van der Waals surface area contributed by atoms with Crippen molar-refractivity contribution >= 4 is 15.5 Å². The molecule has 0 spiro atoms. The Labute approximate surface area is 102 Å². The highest BCUT2D eigenvalue weighted by Gasteiger charge is 2.30. The predicted molar refractivity (Wildman–Crippen MR) is 66.6 cm³/mol. The molecule has 17 heavy (non-hydrogen) atoms. The zero-order chi connectivity index (χ0) is 12.5. The molecule has 0 aliphatic carbocycles. The number of nitrogen functional groups attached to an aromatic ring is 1. The second-order valence-electron chi connectivity index (χ2n) is 4.40. The Hall–Kier alpha value is -1.07. The molecule has 2 rings (SSSR count). The molecule has 0 bridgehead atoms. The molecule has 4 nitrogen and oxygen atoms in total. The number of ether oxygens (including phenoxy) is 1. The van der Waals surface area contributed by atoms with Gasteiger partial charge < -0.3 is 10.5 Å². The van der Waals surface area contributed by atoms with Crippen LogP contribution < -0.4 is 5.73 Å². The summed E-state index contributed by atoms with van der Waals surface area (Å²) in [5.41, 5.74) is 7.11. The number of benzene rings is 1. The number of hydrogen-bond donors (Lipinski definition) is 1. The normalized spacial score (nSPS) is 18.2. The van der Waals surface area contributed by atoms with E-state index in [1.54, 1.807) is 18.2 Å². The molecule has 0 radical (unpaired) electrons. The number of hydrogen-bond acceptors (Lipinski definition) is 4. The monoisotopic (exact) mass is 255 g/mol. The van der Waals surface area contributed by atoms with Gasteiger partial charge in [0.1, 0.15) is 0 Å². The fourth-order valence-corrected chi connectivity index (χ4v) is 3.91. The van der Waals surface area contributed by atoms with Crippen LogP contribution in [0.3, 0.4) is 0 Å². The maximum atomic E-state index is 12.4. The summed E-state index contributed by atoms with van der Waals surface area (Å²) in [5.74, 6) is 0. The highest BCUT2D eigenvalue weighted by atomic mass is 32.2. The third-order valence-corrected chi connectivity index (χ3v) is 5.41. The van der Waals surface area contributed by atoms with E-state index < -0.39 is 9.84 Å². The summed E-state index contributed by atoms with van der Waals surface area (Å²) in [5, 5.41) is -0.360. The molecule has 1 aliphatic heterocycles. The quantitative estimate of drug-likeness (QED) is 0.814. The van der Waals surface area contributed by atoms with E-state index in [-0.39, 0.29) is 10.1 Å². The summed E-state index contributed by atoms with van der Waals surface area (Å²) in [7, 11) is -3.31. The Kier molecular flexibility index (Phi) is 3.40. The third-order valence-electron chi connectivity index (χ3n) is 3.08. The number of rotatable bonds is 2. The minimum atomic E-state index is -3.31. The molecule has 0 atom stereocenters. The molecule has 1 aromatic carbocycles. The lowest BCUT2D eigenvalue weighted by atomic mass is 10.2. The van der Waals surface area contributed by atoms with Crippen molar-refractivity contribution in [1.29, 1.82) is 0 Å². The lowest BCUT2D eigenvalue weighted by Gasteiger charge is -2.22. The maximum Gasteiger partial charge on any atom is 0.183 e. The van der Waals surface area contributed by atoms with Gasteiger partial charge in [-0.1, -0.05) is 6.07 Å². The van der Waals surface area contributed by atoms with E-state index in [1.807, 2.05) is 6.92 Å². The number of anilines is 1. The van der Waals surface area contributed by atoms with Crippen molar-refractivity contribution in [2.24, 2.45) is 0 Å². The Balaban J connectivity index is 2.37. The minimum absolute atomic E-state index is 0.259. The first-order chi connectivity index (χ1) is 8.01. The molecule has 0 aromatic heterocycles. The van der Waals surface area contributed by atoms with Gasteiger partial charge in [-0.15, -0.1) is 0 Å². The largest absolute Gasteiger partial charge is 0.398 e. The van der Waals surface area contributed by atoms with Gasteiger partial charge in [0.05, 0.1) is 15.8 Å². The minimum Gasteiger partial charge on any atom is -0.398 e. The molecular formula is C12H17NO3S. The van der Waals surface area contributed by atoms with Crippen LogP contribution in [0.2, 0.25) is 0 Å². The van der Waals surface area contributed by atoms with Crippen LogP contribution >= 0.6 is 0 Å². The van der Waals surface area contributed by atoms with Gasteiger partial charge in [0.25, 0.3) is 0 Å². The fourth-order valence-electron chi connectivity index (χ4n) is 2.09. The van der Waals surface area contributed by atoms with Crippen LogP contribution in [0.15, 0.2) is 23.1 Å². The van der Waals surface area contributed by atoms with Crippen molar-refractivity contribution in [2.45, 2.75) is 29.9 Å². The van der Waals surface area contributed by atoms with Gasteiger partial charge in [0.2, 0.25) is 0 Å². The van der Waals surface area contributed by atoms with Gasteiger partial charge in [-0.3, -0.25) is 0 Å². The molecule has 1 heterocycles. The standard InChI is InChI=1S/C12H17NO3S/c1-9-2-3-12(11(13)8-9)17(14,15)10-4-6-16-7-5-10/h2-3,8,10H,4-7,13H2,1H3. The first kappa shape index (κ1) is 12.4. The van der Waals surface area contributed by atoms with E-state index >= 15 is 0 Å². The summed E-state index contributed by atoms with van der Waals surface area (Å²) >= 11 is 0. The van der Waals surface area contributed by atoms with E-state index in [2.05, 4.69) is 0 Å². The molecule has 94 valence electrons. The fraction of sp³-hybridized carbons (Fsp3) is 0.500. The average molecular weight is 255 g/mol. The summed E-state index contributed by atoms with van der Waals surface area (Å²) in [6, 6.07) is 5.09. The zero-order valence-electron chi connectivity index (χ0n) is 9.85. The smallest absolute Gasteiger partial charge is 0.183 e. The summed E-state index contributed by atoms with van der Waals surface area (Å²) in [4.78, 5) is 0.259. The third kappa shape index (κ3) is 2.45. The predicted octanol–water partition coefficient (Wildman–Crippen LogP) is 1.53. The van der Waals surface area contributed by atoms with Crippen LogP contribution in [0.4, 0.5) is 5.69 Å². The highest BCUT2D eigenvalue weighted by molar-refractivity contribution is 7.92. The van der Waals surface area contributed by atoms with E-state index in [4.69, 9.17) is 10.5 Å². The van der Waals surface area contributed by atoms with Crippen molar-refractivity contribution in [3.63, 3.8) is 0 Å². The Morgan fingerprint density at radius 3 is 2.53 bits per heavy atom. The van der Waals surface area contributed by atoms with Crippen LogP contribution in [0, 0.1) is 6.92 Å². The molecule has 2 N–H and O–H groups in total. The first-order valence-corrected chi connectivity index (χ1v) is 7.24. The summed E-state index contributed by atoms with van der Waals surface area (Å²) in [6.07, 6.45) is 1.10. The van der Waals surface area contributed by atoms with Gasteiger partial charge >= 0.3 is 0 Å². The molecule has 1 saturated heterocycles. The molecule has 1 aliphatic rings. The van der Waals surface area contributed by atoms with E-state index in [0.29, 0.717) is 31.7 Å². The Morgan fingerprint density at radius 1 is 1.29 bits per heavy atom. The van der Waals surface area contributed by atoms with Crippen molar-refractivity contribution in [3.8, 4) is 0 Å². The van der Waals surface area contributed by atoms with Crippen molar-refractivity contribution < 1.29 is 13.2 Å². The summed E-state index contributed by atoms with van der Waals surface area (Å²) in [6.45, 7) is 2.91.